The van der Waals surface area contributed by atoms with Crippen LogP contribution in [0.2, 0.25) is 5.02 Å². The third kappa shape index (κ3) is 2.47. The van der Waals surface area contributed by atoms with Crippen molar-refractivity contribution in [1.29, 1.82) is 0 Å². The lowest BCUT2D eigenvalue weighted by molar-refractivity contribution is 0.0705. The van der Waals surface area contributed by atoms with Crippen LogP contribution in [0.5, 0.6) is 0 Å². The Labute approximate surface area is 142 Å². The molecule has 1 aliphatic rings. The maximum Gasteiger partial charge on any atom is 0.277 e. The van der Waals surface area contributed by atoms with Crippen LogP contribution in [0.15, 0.2) is 30.6 Å². The SMILES string of the molecule is O=C(NO)c1cnc(N2CCc3[nH]c4ccc(Cl)cc4c3C2)nc1. The molecule has 1 aromatic carbocycles. The largest absolute Gasteiger partial charge is 0.358 e. The number of halogens is 1. The lowest BCUT2D eigenvalue weighted by Gasteiger charge is -2.27. The minimum Gasteiger partial charge on any atom is -0.358 e. The minimum absolute atomic E-state index is 0.206. The van der Waals surface area contributed by atoms with Crippen molar-refractivity contribution in [1.82, 2.24) is 20.4 Å². The Bertz CT molecular complexity index is 922. The van der Waals surface area contributed by atoms with Gasteiger partial charge in [0.1, 0.15) is 0 Å². The topological polar surface area (TPSA) is 94.1 Å². The van der Waals surface area contributed by atoms with Crippen molar-refractivity contribution in [3.63, 3.8) is 0 Å². The first-order valence-electron chi connectivity index (χ1n) is 7.46. The molecule has 7 nitrogen and oxygen atoms in total. The summed E-state index contributed by atoms with van der Waals surface area (Å²) < 4.78 is 0. The summed E-state index contributed by atoms with van der Waals surface area (Å²) in [7, 11) is 0. The molecule has 0 bridgehead atoms. The summed E-state index contributed by atoms with van der Waals surface area (Å²) in [6, 6.07) is 5.82. The highest BCUT2D eigenvalue weighted by Gasteiger charge is 2.22. The molecule has 0 fully saturated rings. The number of aromatic amines is 1. The molecule has 2 aromatic heterocycles. The van der Waals surface area contributed by atoms with Gasteiger partial charge in [0, 0.05) is 59.1 Å². The summed E-state index contributed by atoms with van der Waals surface area (Å²) in [5, 5.41) is 10.5. The van der Waals surface area contributed by atoms with Crippen LogP contribution in [0, 0.1) is 0 Å². The lowest BCUT2D eigenvalue weighted by atomic mass is 10.0. The van der Waals surface area contributed by atoms with E-state index in [2.05, 4.69) is 19.9 Å². The number of benzene rings is 1. The normalized spacial score (nSPS) is 13.8. The van der Waals surface area contributed by atoms with Gasteiger partial charge in [0.15, 0.2) is 0 Å². The van der Waals surface area contributed by atoms with Crippen molar-refractivity contribution < 1.29 is 10.0 Å². The molecule has 0 saturated heterocycles. The molecule has 4 rings (SSSR count). The van der Waals surface area contributed by atoms with Crippen molar-refractivity contribution in [3.05, 3.63) is 52.4 Å². The third-order valence-electron chi connectivity index (χ3n) is 4.22. The summed E-state index contributed by atoms with van der Waals surface area (Å²) >= 11 is 6.12. The van der Waals surface area contributed by atoms with Gasteiger partial charge in [-0.05, 0) is 18.2 Å². The number of hydrogen-bond acceptors (Lipinski definition) is 5. The van der Waals surface area contributed by atoms with Crippen molar-refractivity contribution in [2.75, 3.05) is 11.4 Å². The monoisotopic (exact) mass is 343 g/mol. The van der Waals surface area contributed by atoms with Crippen molar-refractivity contribution in [3.8, 4) is 0 Å². The third-order valence-corrected chi connectivity index (χ3v) is 4.46. The van der Waals surface area contributed by atoms with E-state index in [4.69, 9.17) is 16.8 Å². The second kappa shape index (κ2) is 5.77. The molecule has 24 heavy (non-hydrogen) atoms. The Balaban J connectivity index is 1.65. The van der Waals surface area contributed by atoms with E-state index in [-0.39, 0.29) is 5.56 Å². The summed E-state index contributed by atoms with van der Waals surface area (Å²) in [5.74, 6) is -0.0831. The Morgan fingerprint density at radius 3 is 2.88 bits per heavy atom. The van der Waals surface area contributed by atoms with Gasteiger partial charge in [-0.25, -0.2) is 15.4 Å². The fourth-order valence-corrected chi connectivity index (χ4v) is 3.20. The lowest BCUT2D eigenvalue weighted by Crippen LogP contribution is -2.31. The molecule has 0 spiro atoms. The number of anilines is 1. The van der Waals surface area contributed by atoms with E-state index in [1.165, 1.54) is 23.7 Å². The Hall–Kier alpha value is -2.64. The molecule has 122 valence electrons. The Kier molecular flexibility index (Phi) is 3.59. The highest BCUT2D eigenvalue weighted by Crippen LogP contribution is 2.30. The van der Waals surface area contributed by atoms with Crippen molar-refractivity contribution in [2.45, 2.75) is 13.0 Å². The van der Waals surface area contributed by atoms with Crippen LogP contribution >= 0.6 is 11.6 Å². The van der Waals surface area contributed by atoms with Gasteiger partial charge in [-0.1, -0.05) is 11.6 Å². The highest BCUT2D eigenvalue weighted by molar-refractivity contribution is 6.31. The van der Waals surface area contributed by atoms with Gasteiger partial charge in [-0.3, -0.25) is 10.0 Å². The summed E-state index contributed by atoms with van der Waals surface area (Å²) in [5.41, 5.74) is 5.25. The molecule has 3 aromatic rings. The molecule has 3 heterocycles. The number of rotatable bonds is 2. The van der Waals surface area contributed by atoms with Crippen LogP contribution in [0.3, 0.4) is 0 Å². The number of carbonyl (C=O) groups is 1. The van der Waals surface area contributed by atoms with Crippen molar-refractivity contribution in [2.24, 2.45) is 0 Å². The fraction of sp³-hybridized carbons (Fsp3) is 0.188. The Morgan fingerprint density at radius 2 is 2.12 bits per heavy atom. The molecule has 0 radical (unpaired) electrons. The molecule has 0 saturated carbocycles. The van der Waals surface area contributed by atoms with Crippen LogP contribution in [0.25, 0.3) is 10.9 Å². The second-order valence-corrected chi connectivity index (χ2v) is 6.09. The first-order valence-corrected chi connectivity index (χ1v) is 7.84. The van der Waals surface area contributed by atoms with E-state index in [0.717, 1.165) is 23.9 Å². The molecule has 1 aliphatic heterocycles. The van der Waals surface area contributed by atoms with E-state index in [1.807, 2.05) is 18.2 Å². The molecular weight excluding hydrogens is 330 g/mol. The van der Waals surface area contributed by atoms with Gasteiger partial charge in [0.25, 0.3) is 5.91 Å². The molecule has 3 N–H and O–H groups in total. The standard InChI is InChI=1S/C16H14ClN5O2/c17-10-1-2-13-11(5-10)12-8-22(4-3-14(12)20-13)16-18-6-9(7-19-16)15(23)21-24/h1-2,5-7,20,24H,3-4,8H2,(H,21,23). The van der Waals surface area contributed by atoms with E-state index in [1.54, 1.807) is 5.48 Å². The zero-order valence-corrected chi connectivity index (χ0v) is 13.3. The van der Waals surface area contributed by atoms with Crippen LogP contribution < -0.4 is 10.4 Å². The first-order chi connectivity index (χ1) is 11.7. The number of hydrogen-bond donors (Lipinski definition) is 3. The van der Waals surface area contributed by atoms with Gasteiger partial charge in [0.05, 0.1) is 5.56 Å². The van der Waals surface area contributed by atoms with Crippen LogP contribution in [0.4, 0.5) is 5.95 Å². The predicted molar refractivity (Wildman–Crippen MR) is 89.3 cm³/mol. The molecule has 0 unspecified atom stereocenters. The zero-order chi connectivity index (χ0) is 16.7. The number of H-pyrrole nitrogens is 1. The number of amides is 1. The molecule has 0 aliphatic carbocycles. The van der Waals surface area contributed by atoms with Crippen LogP contribution in [-0.4, -0.2) is 32.6 Å². The van der Waals surface area contributed by atoms with Gasteiger partial charge >= 0.3 is 0 Å². The zero-order valence-electron chi connectivity index (χ0n) is 12.6. The quantitative estimate of drug-likeness (QED) is 0.490. The average molecular weight is 344 g/mol. The maximum atomic E-state index is 11.3. The molecule has 8 heteroatoms. The van der Waals surface area contributed by atoms with Gasteiger partial charge in [-0.15, -0.1) is 0 Å². The number of carbonyl (C=O) groups excluding carboxylic acids is 1. The van der Waals surface area contributed by atoms with E-state index < -0.39 is 5.91 Å². The van der Waals surface area contributed by atoms with Crippen molar-refractivity contribution >= 4 is 34.4 Å². The summed E-state index contributed by atoms with van der Waals surface area (Å²) in [6.07, 6.45) is 3.65. The number of aromatic nitrogens is 3. The van der Waals surface area contributed by atoms with Gasteiger partial charge in [0.2, 0.25) is 5.95 Å². The molecule has 0 atom stereocenters. The number of nitrogens with one attached hydrogen (secondary N) is 2. The smallest absolute Gasteiger partial charge is 0.277 e. The van der Waals surface area contributed by atoms with E-state index >= 15 is 0 Å². The number of fused-ring (bicyclic) bond motifs is 3. The second-order valence-electron chi connectivity index (χ2n) is 5.66. The van der Waals surface area contributed by atoms with Gasteiger partial charge < -0.3 is 9.88 Å². The van der Waals surface area contributed by atoms with Gasteiger partial charge in [-0.2, -0.15) is 0 Å². The Morgan fingerprint density at radius 1 is 1.33 bits per heavy atom. The van der Waals surface area contributed by atoms with E-state index in [9.17, 15) is 4.79 Å². The van der Waals surface area contributed by atoms with E-state index in [0.29, 0.717) is 17.5 Å². The maximum absolute atomic E-state index is 11.3. The predicted octanol–water partition coefficient (Wildman–Crippen LogP) is 2.29. The van der Waals surface area contributed by atoms with Crippen LogP contribution in [-0.2, 0) is 13.0 Å². The number of hydroxylamine groups is 1. The molecular formula is C16H14ClN5O2. The number of nitrogens with zero attached hydrogens (tertiary/aromatic N) is 3. The summed E-state index contributed by atoms with van der Waals surface area (Å²) in [4.78, 5) is 25.3. The average Bonchev–Trinajstić information content (AvgIpc) is 2.98. The highest BCUT2D eigenvalue weighted by atomic mass is 35.5. The molecule has 1 amide bonds. The fourth-order valence-electron chi connectivity index (χ4n) is 3.02. The van der Waals surface area contributed by atoms with Crippen LogP contribution in [0.1, 0.15) is 21.6 Å². The minimum atomic E-state index is -0.631. The first kappa shape index (κ1) is 14.9. The summed E-state index contributed by atoms with van der Waals surface area (Å²) in [6.45, 7) is 1.44.